The van der Waals surface area contributed by atoms with E-state index in [1.54, 1.807) is 0 Å². The molecular weight excluding hydrogens is 274 g/mol. The first kappa shape index (κ1) is 14.4. The second kappa shape index (κ2) is 6.99. The van der Waals surface area contributed by atoms with Crippen LogP contribution in [0.15, 0.2) is 59.5 Å². The molecule has 0 spiro atoms. The predicted molar refractivity (Wildman–Crippen MR) is 84.8 cm³/mol. The van der Waals surface area contributed by atoms with E-state index in [-0.39, 0.29) is 11.3 Å². The van der Waals surface area contributed by atoms with Crippen LogP contribution in [-0.2, 0) is 0 Å². The van der Waals surface area contributed by atoms with Crippen LogP contribution in [0.3, 0.4) is 0 Å². The molecule has 0 aliphatic rings. The summed E-state index contributed by atoms with van der Waals surface area (Å²) in [5.74, 6) is 0. The summed E-state index contributed by atoms with van der Waals surface area (Å²) < 4.78 is 0. The third-order valence-electron chi connectivity index (χ3n) is 3.07. The maximum atomic E-state index is 6.28. The van der Waals surface area contributed by atoms with Crippen molar-refractivity contribution < 1.29 is 0 Å². The Morgan fingerprint density at radius 2 is 1.68 bits per heavy atom. The maximum Gasteiger partial charge on any atom is 0.0495 e. The maximum absolute atomic E-state index is 6.28. The lowest BCUT2D eigenvalue weighted by molar-refractivity contribution is 0.634. The quantitative estimate of drug-likeness (QED) is 0.792. The van der Waals surface area contributed by atoms with E-state index >= 15 is 0 Å². The van der Waals surface area contributed by atoms with Gasteiger partial charge in [-0.2, -0.15) is 0 Å². The van der Waals surface area contributed by atoms with Crippen molar-refractivity contribution >= 4 is 23.4 Å². The van der Waals surface area contributed by atoms with E-state index in [1.165, 1.54) is 10.5 Å². The van der Waals surface area contributed by atoms with Crippen LogP contribution in [0.4, 0.5) is 0 Å². The molecule has 2 atom stereocenters. The van der Waals surface area contributed by atoms with Crippen LogP contribution in [0.1, 0.15) is 24.2 Å². The van der Waals surface area contributed by atoms with Crippen molar-refractivity contribution in [3.63, 3.8) is 0 Å². The molecule has 0 saturated heterocycles. The van der Waals surface area contributed by atoms with Crippen LogP contribution < -0.4 is 5.73 Å². The molecule has 0 aliphatic heterocycles. The fourth-order valence-electron chi connectivity index (χ4n) is 1.91. The van der Waals surface area contributed by atoms with Crippen molar-refractivity contribution in [3.05, 3.63) is 65.2 Å². The second-order valence-electron chi connectivity index (χ2n) is 4.48. The van der Waals surface area contributed by atoms with Crippen LogP contribution in [0.5, 0.6) is 0 Å². The summed E-state index contributed by atoms with van der Waals surface area (Å²) in [5.41, 5.74) is 7.51. The number of rotatable bonds is 5. The summed E-state index contributed by atoms with van der Waals surface area (Å²) in [6, 6.07) is 18.5. The molecule has 0 aliphatic carbocycles. The molecule has 3 heteroatoms. The van der Waals surface area contributed by atoms with Gasteiger partial charge in [-0.3, -0.25) is 0 Å². The average Bonchev–Trinajstić information content (AvgIpc) is 2.46. The van der Waals surface area contributed by atoms with E-state index in [0.29, 0.717) is 0 Å². The molecule has 0 bridgehead atoms. The minimum atomic E-state index is 0.131. The van der Waals surface area contributed by atoms with Gasteiger partial charge in [-0.25, -0.2) is 0 Å². The Kier molecular flexibility index (Phi) is 5.32. The lowest BCUT2D eigenvalue weighted by Crippen LogP contribution is -2.25. The van der Waals surface area contributed by atoms with Crippen molar-refractivity contribution in [3.8, 4) is 0 Å². The van der Waals surface area contributed by atoms with Crippen LogP contribution in [0, 0.1) is 0 Å². The smallest absolute Gasteiger partial charge is 0.0495 e. The summed E-state index contributed by atoms with van der Waals surface area (Å²) in [6.45, 7) is 2.12. The largest absolute Gasteiger partial charge is 0.326 e. The third-order valence-corrected chi connectivity index (χ3v) is 4.74. The first-order valence-electron chi connectivity index (χ1n) is 6.43. The summed E-state index contributed by atoms with van der Waals surface area (Å²) in [5, 5.41) is 1.02. The Morgan fingerprint density at radius 1 is 1.05 bits per heavy atom. The van der Waals surface area contributed by atoms with Gasteiger partial charge >= 0.3 is 0 Å². The van der Waals surface area contributed by atoms with Crippen molar-refractivity contribution in [2.24, 2.45) is 5.73 Å². The lowest BCUT2D eigenvalue weighted by atomic mass is 10.0. The van der Waals surface area contributed by atoms with E-state index in [1.807, 2.05) is 30.0 Å². The second-order valence-corrected chi connectivity index (χ2v) is 6.13. The zero-order chi connectivity index (χ0) is 13.7. The molecule has 1 nitrogen and oxygen atoms in total. The Hall–Kier alpha value is -0.960. The Labute approximate surface area is 124 Å². The van der Waals surface area contributed by atoms with E-state index < -0.39 is 0 Å². The van der Waals surface area contributed by atoms with Gasteiger partial charge in [0.05, 0.1) is 0 Å². The van der Waals surface area contributed by atoms with E-state index in [4.69, 9.17) is 17.3 Å². The standard InChI is InChI=1S/C16H18ClNS/c1-2-15(18)16(12-8-10-13(17)11-9-12)19-14-6-4-3-5-7-14/h3-11,15-16H,2,18H2,1H3. The molecule has 0 heterocycles. The van der Waals surface area contributed by atoms with Crippen molar-refractivity contribution in [2.75, 3.05) is 0 Å². The monoisotopic (exact) mass is 291 g/mol. The first-order valence-corrected chi connectivity index (χ1v) is 7.69. The van der Waals surface area contributed by atoms with Gasteiger partial charge in [0.15, 0.2) is 0 Å². The zero-order valence-corrected chi connectivity index (χ0v) is 12.5. The molecule has 2 aromatic carbocycles. The molecule has 2 N–H and O–H groups in total. The van der Waals surface area contributed by atoms with Gasteiger partial charge in [-0.05, 0) is 36.2 Å². The summed E-state index contributed by atoms with van der Waals surface area (Å²) in [6.07, 6.45) is 0.952. The SMILES string of the molecule is CCC(N)C(Sc1ccccc1)c1ccc(Cl)cc1. The Morgan fingerprint density at radius 3 is 2.26 bits per heavy atom. The number of thioether (sulfide) groups is 1. The molecule has 0 amide bonds. The lowest BCUT2D eigenvalue weighted by Gasteiger charge is -2.23. The molecule has 2 rings (SSSR count). The van der Waals surface area contributed by atoms with E-state index in [2.05, 4.69) is 43.3 Å². The fourth-order valence-corrected chi connectivity index (χ4v) is 3.31. The predicted octanol–water partition coefficient (Wildman–Crippen LogP) is 4.91. The van der Waals surface area contributed by atoms with Gasteiger partial charge in [0.1, 0.15) is 0 Å². The number of benzene rings is 2. The highest BCUT2D eigenvalue weighted by molar-refractivity contribution is 7.99. The topological polar surface area (TPSA) is 26.0 Å². The van der Waals surface area contributed by atoms with E-state index in [0.717, 1.165) is 11.4 Å². The number of hydrogen-bond donors (Lipinski definition) is 1. The van der Waals surface area contributed by atoms with Gasteiger partial charge < -0.3 is 5.73 Å². The normalized spacial score (nSPS) is 14.1. The number of nitrogens with two attached hydrogens (primary N) is 1. The minimum absolute atomic E-state index is 0.131. The highest BCUT2D eigenvalue weighted by atomic mass is 35.5. The fraction of sp³-hybridized carbons (Fsp3) is 0.250. The van der Waals surface area contributed by atoms with Crippen LogP contribution in [-0.4, -0.2) is 6.04 Å². The van der Waals surface area contributed by atoms with Gasteiger partial charge in [-0.1, -0.05) is 48.9 Å². The molecule has 2 aromatic rings. The van der Waals surface area contributed by atoms with Gasteiger partial charge in [0, 0.05) is 21.2 Å². The van der Waals surface area contributed by atoms with Crippen molar-refractivity contribution in [1.29, 1.82) is 0 Å². The van der Waals surface area contributed by atoms with Gasteiger partial charge in [-0.15, -0.1) is 11.8 Å². The van der Waals surface area contributed by atoms with Crippen LogP contribution >= 0.6 is 23.4 Å². The molecule has 0 radical (unpaired) electrons. The third kappa shape index (κ3) is 4.00. The summed E-state index contributed by atoms with van der Waals surface area (Å²) in [7, 11) is 0. The first-order chi connectivity index (χ1) is 9.20. The van der Waals surface area contributed by atoms with Gasteiger partial charge in [0.25, 0.3) is 0 Å². The van der Waals surface area contributed by atoms with Crippen LogP contribution in [0.25, 0.3) is 0 Å². The minimum Gasteiger partial charge on any atom is -0.326 e. The molecular formula is C16H18ClNS. The summed E-state index contributed by atoms with van der Waals surface area (Å²) in [4.78, 5) is 1.24. The van der Waals surface area contributed by atoms with E-state index in [9.17, 15) is 0 Å². The van der Waals surface area contributed by atoms with Gasteiger partial charge in [0.2, 0.25) is 0 Å². The van der Waals surface area contributed by atoms with Crippen molar-refractivity contribution in [2.45, 2.75) is 29.5 Å². The summed E-state index contributed by atoms with van der Waals surface area (Å²) >= 11 is 7.76. The molecule has 100 valence electrons. The highest BCUT2D eigenvalue weighted by Crippen LogP contribution is 2.38. The molecule has 2 unspecified atom stereocenters. The van der Waals surface area contributed by atoms with Crippen molar-refractivity contribution in [1.82, 2.24) is 0 Å². The molecule has 0 saturated carbocycles. The zero-order valence-electron chi connectivity index (χ0n) is 10.9. The molecule has 19 heavy (non-hydrogen) atoms. The number of halogens is 1. The van der Waals surface area contributed by atoms with Crippen LogP contribution in [0.2, 0.25) is 5.02 Å². The molecule has 0 aromatic heterocycles. The average molecular weight is 292 g/mol. The highest BCUT2D eigenvalue weighted by Gasteiger charge is 2.19. The Bertz CT molecular complexity index is 498. The number of hydrogen-bond acceptors (Lipinski definition) is 2. The Balaban J connectivity index is 2.23. The molecule has 0 fully saturated rings.